The maximum Gasteiger partial charge on any atom is 0.136 e. The molecule has 5 nitrogen and oxygen atoms in total. The Morgan fingerprint density at radius 3 is 1.31 bits per heavy atom. The Morgan fingerprint density at radius 1 is 0.259 bits per heavy atom. The molecular formula is C76H62N4O. The van der Waals surface area contributed by atoms with E-state index in [1.807, 2.05) is 48.5 Å². The highest BCUT2D eigenvalue weighted by atomic mass is 16.3. The fourth-order valence-corrected chi connectivity index (χ4v) is 13.0. The number of benzene rings is 10. The van der Waals surface area contributed by atoms with Crippen molar-refractivity contribution in [1.29, 1.82) is 0 Å². The summed E-state index contributed by atoms with van der Waals surface area (Å²) >= 11 is 0. The number of fused-ring (bicyclic) bond motifs is 11. The second kappa shape index (κ2) is 18.6. The predicted molar refractivity (Wildman–Crippen MR) is 337 cm³/mol. The molecule has 0 bridgehead atoms. The molecule has 392 valence electrons. The van der Waals surface area contributed by atoms with E-state index < -0.39 is 0 Å². The molecule has 0 aliphatic heterocycles. The van der Waals surface area contributed by atoms with Gasteiger partial charge in [0, 0.05) is 33.0 Å². The van der Waals surface area contributed by atoms with Gasteiger partial charge in [0.2, 0.25) is 0 Å². The van der Waals surface area contributed by atoms with Crippen molar-refractivity contribution in [2.45, 2.75) is 77.0 Å². The summed E-state index contributed by atoms with van der Waals surface area (Å²) in [6, 6.07) is 81.5. The third-order valence-electron chi connectivity index (χ3n) is 18.9. The van der Waals surface area contributed by atoms with Gasteiger partial charge in [-0.15, -0.1) is 0 Å². The molecule has 15 rings (SSSR count). The SMILES string of the molecule is CC1(C)c2ccccc2-c2c(-c3nc4ccccc4nc3-c3ccc(-c4ccccc4)cc3)cccc2C1(C)C.CC1(C)c2ccccc2-c2cc(-c3nc4ccccc4nc3-c3ccc4c(c3)oc3ccccc34)ccc2C1(C)C. The molecule has 0 N–H and O–H groups in total. The van der Waals surface area contributed by atoms with Crippen molar-refractivity contribution >= 4 is 44.0 Å². The van der Waals surface area contributed by atoms with Crippen LogP contribution < -0.4 is 0 Å². The van der Waals surface area contributed by atoms with E-state index in [0.717, 1.165) is 89.0 Å². The van der Waals surface area contributed by atoms with E-state index in [1.54, 1.807) is 0 Å². The van der Waals surface area contributed by atoms with Crippen LogP contribution >= 0.6 is 0 Å². The van der Waals surface area contributed by atoms with Crippen molar-refractivity contribution in [3.05, 3.63) is 253 Å². The Morgan fingerprint density at radius 2 is 0.667 bits per heavy atom. The van der Waals surface area contributed by atoms with Crippen LogP contribution in [0.2, 0.25) is 0 Å². The van der Waals surface area contributed by atoms with Gasteiger partial charge in [0.25, 0.3) is 0 Å². The summed E-state index contributed by atoms with van der Waals surface area (Å²) in [5, 5.41) is 2.23. The minimum Gasteiger partial charge on any atom is -0.456 e. The van der Waals surface area contributed by atoms with Gasteiger partial charge in [-0.3, -0.25) is 0 Å². The first-order valence-electron chi connectivity index (χ1n) is 28.3. The third kappa shape index (κ3) is 7.88. The van der Waals surface area contributed by atoms with E-state index in [-0.39, 0.29) is 21.7 Å². The highest BCUT2D eigenvalue weighted by Crippen LogP contribution is 2.57. The highest BCUT2D eigenvalue weighted by Gasteiger charge is 2.47. The molecule has 0 saturated heterocycles. The number of furan rings is 1. The van der Waals surface area contributed by atoms with Crippen molar-refractivity contribution in [3.8, 4) is 78.4 Å². The highest BCUT2D eigenvalue weighted by molar-refractivity contribution is 6.06. The van der Waals surface area contributed by atoms with Crippen LogP contribution in [0.25, 0.3) is 122 Å². The van der Waals surface area contributed by atoms with E-state index >= 15 is 0 Å². The summed E-state index contributed by atoms with van der Waals surface area (Å²) in [6.07, 6.45) is 0. The van der Waals surface area contributed by atoms with Gasteiger partial charge in [0.1, 0.15) is 11.2 Å². The molecule has 0 spiro atoms. The second-order valence-electron chi connectivity index (χ2n) is 24.2. The molecule has 2 aliphatic carbocycles. The average Bonchev–Trinajstić information content (AvgIpc) is 4.04. The molecule has 2 aliphatic rings. The first-order chi connectivity index (χ1) is 39.2. The second-order valence-corrected chi connectivity index (χ2v) is 24.2. The smallest absolute Gasteiger partial charge is 0.136 e. The number of hydrogen-bond acceptors (Lipinski definition) is 5. The van der Waals surface area contributed by atoms with Gasteiger partial charge in [-0.05, 0) is 126 Å². The van der Waals surface area contributed by atoms with E-state index in [1.165, 1.54) is 55.6 Å². The summed E-state index contributed by atoms with van der Waals surface area (Å²) < 4.78 is 6.26. The monoisotopic (exact) mass is 1050 g/mol. The van der Waals surface area contributed by atoms with E-state index in [0.29, 0.717) is 0 Å². The lowest BCUT2D eigenvalue weighted by molar-refractivity contribution is 0.299. The summed E-state index contributed by atoms with van der Waals surface area (Å²) in [5.41, 5.74) is 26.0. The fraction of sp³-hybridized carbons (Fsp3) is 0.158. The summed E-state index contributed by atoms with van der Waals surface area (Å²) in [4.78, 5) is 20.9. The van der Waals surface area contributed by atoms with Crippen LogP contribution in [0.4, 0.5) is 0 Å². The lowest BCUT2D eigenvalue weighted by atomic mass is 9.55. The molecule has 0 radical (unpaired) electrons. The molecular weight excluding hydrogens is 985 g/mol. The van der Waals surface area contributed by atoms with Crippen LogP contribution in [0.15, 0.2) is 235 Å². The molecule has 0 fully saturated rings. The van der Waals surface area contributed by atoms with Crippen LogP contribution in [-0.4, -0.2) is 19.9 Å². The van der Waals surface area contributed by atoms with Crippen LogP contribution in [-0.2, 0) is 21.7 Å². The number of nitrogens with zero attached hydrogens (tertiary/aromatic N) is 4. The van der Waals surface area contributed by atoms with Gasteiger partial charge >= 0.3 is 0 Å². The Labute approximate surface area is 474 Å². The Balaban J connectivity index is 0.000000146. The summed E-state index contributed by atoms with van der Waals surface area (Å²) in [7, 11) is 0. The molecule has 13 aromatic rings. The average molecular weight is 1050 g/mol. The van der Waals surface area contributed by atoms with Gasteiger partial charge in [-0.1, -0.05) is 237 Å². The summed E-state index contributed by atoms with van der Waals surface area (Å²) in [5.74, 6) is 0. The molecule has 81 heavy (non-hydrogen) atoms. The number of aromatic nitrogens is 4. The van der Waals surface area contributed by atoms with Gasteiger partial charge in [-0.2, -0.15) is 0 Å². The zero-order valence-corrected chi connectivity index (χ0v) is 47.1. The van der Waals surface area contributed by atoms with Crippen LogP contribution in [0.5, 0.6) is 0 Å². The van der Waals surface area contributed by atoms with Crippen molar-refractivity contribution in [1.82, 2.24) is 19.9 Å². The maximum atomic E-state index is 6.26. The molecule has 3 heterocycles. The number of rotatable bonds is 5. The lowest BCUT2D eigenvalue weighted by Crippen LogP contribution is -2.43. The molecule has 5 heteroatoms. The quantitative estimate of drug-likeness (QED) is 0.172. The standard InChI is InChI=1S/C38H30N2O.C38H32N2/c1-37(2)29-13-7-5-11-25(29)28-21-23(18-20-30(28)38(37,3)4)35-36(40-32-15-9-8-14-31(32)39-35)24-17-19-27-26-12-6-10-16-33(26)41-34(27)22-24;1-37(2)30-17-9-8-15-28(30)34-29(16-12-18-31(34)38(37,3)4)36-35(39-32-19-10-11-20-33(32)40-36)27-23-21-26(22-24-27)25-13-6-5-7-14-25/h5-22H,1-4H3;5-24H,1-4H3. The summed E-state index contributed by atoms with van der Waals surface area (Å²) in [6.45, 7) is 19.0. The van der Waals surface area contributed by atoms with Gasteiger partial charge in [0.05, 0.1) is 44.8 Å². The zero-order chi connectivity index (χ0) is 55.4. The van der Waals surface area contributed by atoms with Crippen LogP contribution in [0.3, 0.4) is 0 Å². The molecule has 0 atom stereocenters. The normalized spacial score (nSPS) is 15.1. The Kier molecular flexibility index (Phi) is 11.5. The van der Waals surface area contributed by atoms with Gasteiger partial charge in [-0.25, -0.2) is 19.9 Å². The molecule has 0 amide bonds. The van der Waals surface area contributed by atoms with Gasteiger partial charge < -0.3 is 4.42 Å². The Hall–Kier alpha value is -9.32. The van der Waals surface area contributed by atoms with E-state index in [9.17, 15) is 0 Å². The zero-order valence-electron chi connectivity index (χ0n) is 47.1. The van der Waals surface area contributed by atoms with Crippen molar-refractivity contribution < 1.29 is 4.42 Å². The third-order valence-corrected chi connectivity index (χ3v) is 18.9. The topological polar surface area (TPSA) is 64.7 Å². The first-order valence-corrected chi connectivity index (χ1v) is 28.3. The van der Waals surface area contributed by atoms with Crippen LogP contribution in [0.1, 0.15) is 77.6 Å². The minimum atomic E-state index is -0.0749. The van der Waals surface area contributed by atoms with Crippen molar-refractivity contribution in [3.63, 3.8) is 0 Å². The Bertz CT molecular complexity index is 4640. The first kappa shape index (κ1) is 49.9. The molecule has 0 unspecified atom stereocenters. The maximum absolute atomic E-state index is 6.26. The fourth-order valence-electron chi connectivity index (χ4n) is 13.0. The lowest BCUT2D eigenvalue weighted by Gasteiger charge is -2.48. The largest absolute Gasteiger partial charge is 0.456 e. The minimum absolute atomic E-state index is 0.00593. The predicted octanol–water partition coefficient (Wildman–Crippen LogP) is 20.0. The number of para-hydroxylation sites is 5. The van der Waals surface area contributed by atoms with Gasteiger partial charge in [0.15, 0.2) is 0 Å². The van der Waals surface area contributed by atoms with Crippen molar-refractivity contribution in [2.75, 3.05) is 0 Å². The molecule has 3 aromatic heterocycles. The van der Waals surface area contributed by atoms with E-state index in [4.69, 9.17) is 24.4 Å². The van der Waals surface area contributed by atoms with Crippen LogP contribution in [0, 0.1) is 0 Å². The van der Waals surface area contributed by atoms with Crippen molar-refractivity contribution in [2.24, 2.45) is 0 Å². The van der Waals surface area contributed by atoms with E-state index in [2.05, 4.69) is 237 Å². The molecule has 10 aromatic carbocycles. The molecule has 0 saturated carbocycles. The number of hydrogen-bond donors (Lipinski definition) is 0.